The molecule has 0 radical (unpaired) electrons. The Morgan fingerprint density at radius 3 is 2.56 bits per heavy atom. The third-order valence-corrected chi connectivity index (χ3v) is 3.04. The Balaban J connectivity index is 1.99. The Kier molecular flexibility index (Phi) is 3.03. The van der Waals surface area contributed by atoms with Gasteiger partial charge in [0.05, 0.1) is 11.5 Å². The van der Waals surface area contributed by atoms with Gasteiger partial charge in [-0.1, -0.05) is 0 Å². The average molecular weight is 219 g/mol. The topological polar surface area (TPSA) is 78.9 Å². The summed E-state index contributed by atoms with van der Waals surface area (Å²) in [7, 11) is 0. The fourth-order valence-electron chi connectivity index (χ4n) is 1.98. The predicted octanol–water partition coefficient (Wildman–Crippen LogP) is 0.937. The van der Waals surface area contributed by atoms with Gasteiger partial charge in [0.2, 0.25) is 0 Å². The maximum absolute atomic E-state index is 7.42. The molecule has 2 rings (SSSR count). The van der Waals surface area contributed by atoms with Crippen LogP contribution >= 0.6 is 0 Å². The van der Waals surface area contributed by atoms with Crippen molar-refractivity contribution >= 4 is 11.7 Å². The van der Waals surface area contributed by atoms with Gasteiger partial charge >= 0.3 is 0 Å². The summed E-state index contributed by atoms with van der Waals surface area (Å²) in [5.74, 6) is 1.48. The van der Waals surface area contributed by atoms with Crippen molar-refractivity contribution in [3.05, 3.63) is 17.8 Å². The smallest absolute Gasteiger partial charge is 0.151 e. The van der Waals surface area contributed by atoms with Crippen molar-refractivity contribution in [3.8, 4) is 0 Å². The van der Waals surface area contributed by atoms with E-state index in [0.717, 1.165) is 37.4 Å². The Hall–Kier alpha value is -1.65. The molecule has 16 heavy (non-hydrogen) atoms. The highest BCUT2D eigenvalue weighted by Gasteiger charge is 2.21. The van der Waals surface area contributed by atoms with Crippen molar-refractivity contribution in [2.75, 3.05) is 18.0 Å². The van der Waals surface area contributed by atoms with Gasteiger partial charge in [0.15, 0.2) is 5.82 Å². The first-order valence-corrected chi connectivity index (χ1v) is 5.56. The van der Waals surface area contributed by atoms with E-state index in [1.807, 2.05) is 19.1 Å². The molecular formula is C11H17N5. The molecule has 1 aromatic rings. The number of piperidine rings is 1. The number of nitrogens with one attached hydrogen (secondary N) is 1. The van der Waals surface area contributed by atoms with E-state index in [4.69, 9.17) is 11.1 Å². The van der Waals surface area contributed by atoms with Crippen molar-refractivity contribution in [1.29, 1.82) is 5.41 Å². The monoisotopic (exact) mass is 219 g/mol. The Bertz CT molecular complexity index is 364. The Morgan fingerprint density at radius 1 is 1.38 bits per heavy atom. The van der Waals surface area contributed by atoms with E-state index in [2.05, 4.69) is 15.1 Å². The molecule has 1 aliphatic heterocycles. The zero-order chi connectivity index (χ0) is 11.5. The summed E-state index contributed by atoms with van der Waals surface area (Å²) < 4.78 is 0. The summed E-state index contributed by atoms with van der Waals surface area (Å²) in [6.07, 6.45) is 1.87. The quantitative estimate of drug-likeness (QED) is 0.573. The second kappa shape index (κ2) is 4.47. The predicted molar refractivity (Wildman–Crippen MR) is 63.6 cm³/mol. The maximum Gasteiger partial charge on any atom is 0.151 e. The summed E-state index contributed by atoms with van der Waals surface area (Å²) in [4.78, 5) is 2.20. The van der Waals surface area contributed by atoms with Crippen molar-refractivity contribution < 1.29 is 0 Å². The number of amidine groups is 1. The summed E-state index contributed by atoms with van der Waals surface area (Å²) >= 11 is 0. The summed E-state index contributed by atoms with van der Waals surface area (Å²) in [6, 6.07) is 3.97. The molecule has 1 saturated heterocycles. The molecule has 86 valence electrons. The van der Waals surface area contributed by atoms with Crippen LogP contribution < -0.4 is 10.6 Å². The number of hydrogen-bond acceptors (Lipinski definition) is 4. The highest BCUT2D eigenvalue weighted by molar-refractivity contribution is 5.79. The molecule has 5 nitrogen and oxygen atoms in total. The van der Waals surface area contributed by atoms with Gasteiger partial charge in [-0.15, -0.1) is 5.10 Å². The molecule has 0 unspecified atom stereocenters. The number of anilines is 1. The Labute approximate surface area is 95.2 Å². The molecule has 1 aromatic heterocycles. The first-order chi connectivity index (χ1) is 7.66. The molecule has 2 heterocycles. The van der Waals surface area contributed by atoms with Gasteiger partial charge in [-0.05, 0) is 31.9 Å². The number of nitrogens with zero attached hydrogens (tertiary/aromatic N) is 3. The summed E-state index contributed by atoms with van der Waals surface area (Å²) in [6.45, 7) is 3.74. The van der Waals surface area contributed by atoms with E-state index >= 15 is 0 Å². The summed E-state index contributed by atoms with van der Waals surface area (Å²) in [5, 5.41) is 15.6. The van der Waals surface area contributed by atoms with Crippen LogP contribution in [-0.2, 0) is 0 Å². The van der Waals surface area contributed by atoms with Gasteiger partial charge < -0.3 is 10.6 Å². The molecule has 0 aromatic carbocycles. The second-order valence-electron chi connectivity index (χ2n) is 4.25. The maximum atomic E-state index is 7.42. The van der Waals surface area contributed by atoms with Crippen molar-refractivity contribution in [3.63, 3.8) is 0 Å². The molecule has 1 fully saturated rings. The van der Waals surface area contributed by atoms with Crippen LogP contribution in [0.1, 0.15) is 18.5 Å². The van der Waals surface area contributed by atoms with Crippen molar-refractivity contribution in [2.24, 2.45) is 11.7 Å². The molecule has 0 aliphatic carbocycles. The first-order valence-electron chi connectivity index (χ1n) is 5.56. The number of hydrogen-bond donors (Lipinski definition) is 2. The lowest BCUT2D eigenvalue weighted by molar-refractivity contribution is 0.494. The number of nitrogens with two attached hydrogens (primary N) is 1. The number of rotatable bonds is 2. The highest BCUT2D eigenvalue weighted by atomic mass is 15.3. The zero-order valence-corrected chi connectivity index (χ0v) is 9.48. The van der Waals surface area contributed by atoms with Crippen LogP contribution in [0.3, 0.4) is 0 Å². The van der Waals surface area contributed by atoms with Gasteiger partial charge in [-0.2, -0.15) is 5.10 Å². The minimum Gasteiger partial charge on any atom is -0.387 e. The van der Waals surface area contributed by atoms with Crippen LogP contribution in [0.5, 0.6) is 0 Å². The van der Waals surface area contributed by atoms with Crippen LogP contribution in [0.2, 0.25) is 0 Å². The van der Waals surface area contributed by atoms with Gasteiger partial charge in [0, 0.05) is 19.0 Å². The molecule has 0 amide bonds. The molecule has 0 bridgehead atoms. The van der Waals surface area contributed by atoms with Crippen LogP contribution in [0.4, 0.5) is 5.82 Å². The highest BCUT2D eigenvalue weighted by Crippen LogP contribution is 2.20. The van der Waals surface area contributed by atoms with Crippen LogP contribution in [0.25, 0.3) is 0 Å². The minimum atomic E-state index is 0.245. The van der Waals surface area contributed by atoms with Crippen molar-refractivity contribution in [1.82, 2.24) is 10.2 Å². The van der Waals surface area contributed by atoms with Gasteiger partial charge in [0.25, 0.3) is 0 Å². The van der Waals surface area contributed by atoms with E-state index in [-0.39, 0.29) is 5.92 Å². The van der Waals surface area contributed by atoms with Crippen molar-refractivity contribution in [2.45, 2.75) is 19.8 Å². The van der Waals surface area contributed by atoms with Crippen LogP contribution in [0, 0.1) is 18.3 Å². The van der Waals surface area contributed by atoms with Gasteiger partial charge in [-0.25, -0.2) is 0 Å². The standard InChI is InChI=1S/C11H17N5/c1-8-2-3-10(15-14-8)16-6-4-9(5-7-16)11(12)13/h2-3,9H,4-7H2,1H3,(H3,12,13). The summed E-state index contributed by atoms with van der Waals surface area (Å²) in [5.41, 5.74) is 6.44. The molecule has 5 heteroatoms. The third kappa shape index (κ3) is 2.29. The molecule has 0 atom stereocenters. The lowest BCUT2D eigenvalue weighted by Crippen LogP contribution is -2.38. The number of aryl methyl sites for hydroxylation is 1. The lowest BCUT2D eigenvalue weighted by atomic mass is 9.96. The fraction of sp³-hybridized carbons (Fsp3) is 0.545. The first kappa shape index (κ1) is 10.9. The normalized spacial score (nSPS) is 17.4. The minimum absolute atomic E-state index is 0.245. The van der Waals surface area contributed by atoms with Gasteiger partial charge in [-0.3, -0.25) is 5.41 Å². The van der Waals surface area contributed by atoms with Crippen LogP contribution in [-0.4, -0.2) is 29.1 Å². The molecular weight excluding hydrogens is 202 g/mol. The average Bonchev–Trinajstić information content (AvgIpc) is 2.30. The van der Waals surface area contributed by atoms with E-state index in [0.29, 0.717) is 5.84 Å². The van der Waals surface area contributed by atoms with E-state index in [1.54, 1.807) is 0 Å². The SMILES string of the molecule is Cc1ccc(N2CCC(C(=N)N)CC2)nn1. The molecule has 3 N–H and O–H groups in total. The molecule has 0 saturated carbocycles. The van der Waals surface area contributed by atoms with E-state index in [1.165, 1.54) is 0 Å². The zero-order valence-electron chi connectivity index (χ0n) is 9.48. The van der Waals surface area contributed by atoms with Gasteiger partial charge in [0.1, 0.15) is 0 Å². The van der Waals surface area contributed by atoms with E-state index < -0.39 is 0 Å². The van der Waals surface area contributed by atoms with Crippen LogP contribution in [0.15, 0.2) is 12.1 Å². The number of aromatic nitrogens is 2. The lowest BCUT2D eigenvalue weighted by Gasteiger charge is -2.31. The molecule has 0 spiro atoms. The molecule has 1 aliphatic rings. The largest absolute Gasteiger partial charge is 0.387 e. The third-order valence-electron chi connectivity index (χ3n) is 3.04. The van der Waals surface area contributed by atoms with E-state index in [9.17, 15) is 0 Å². The fourth-order valence-corrected chi connectivity index (χ4v) is 1.98. The second-order valence-corrected chi connectivity index (χ2v) is 4.25. The Morgan fingerprint density at radius 2 is 2.06 bits per heavy atom.